The number of aliphatic imine (C=N–C) groups is 1. The maximum Gasteiger partial charge on any atom is 0.414 e. The molecule has 0 aromatic heterocycles. The molecule has 37 heavy (non-hydrogen) atoms. The first-order chi connectivity index (χ1) is 16.5. The Kier molecular flexibility index (Phi) is 13.4. The quantitative estimate of drug-likeness (QED) is 0.0807. The molecule has 2 amide bonds. The van der Waals surface area contributed by atoms with Crippen LogP contribution in [0, 0.1) is 10.8 Å². The third kappa shape index (κ3) is 18.0. The molecule has 0 saturated heterocycles. The predicted molar refractivity (Wildman–Crippen MR) is 150 cm³/mol. The lowest BCUT2D eigenvalue weighted by atomic mass is 9.78. The Balaban J connectivity index is 5.45. The zero-order chi connectivity index (χ0) is 29.2. The van der Waals surface area contributed by atoms with Gasteiger partial charge in [-0.05, 0) is 71.6 Å². The second-order valence-electron chi connectivity index (χ2n) is 13.3. The minimum absolute atomic E-state index is 0.0543. The number of rotatable bonds is 8. The van der Waals surface area contributed by atoms with E-state index in [1.165, 1.54) is 0 Å². The van der Waals surface area contributed by atoms with Crippen molar-refractivity contribution >= 4 is 40.3 Å². The van der Waals surface area contributed by atoms with Gasteiger partial charge in [0.25, 0.3) is 0 Å². The van der Waals surface area contributed by atoms with Crippen LogP contribution in [-0.2, 0) is 19.0 Å². The molecule has 10 nitrogen and oxygen atoms in total. The number of nitrogens with one attached hydrogen (secondary N) is 3. The fraction of sp³-hybridized carbons (Fsp3) is 0.846. The van der Waals surface area contributed by atoms with Gasteiger partial charge < -0.3 is 19.5 Å². The minimum atomic E-state index is -0.922. The molecule has 0 aliphatic rings. The van der Waals surface area contributed by atoms with E-state index in [9.17, 15) is 14.4 Å². The van der Waals surface area contributed by atoms with Crippen LogP contribution in [0.1, 0.15) is 102 Å². The van der Waals surface area contributed by atoms with Crippen molar-refractivity contribution in [2.75, 3.05) is 6.54 Å². The Morgan fingerprint density at radius 1 is 0.838 bits per heavy atom. The summed E-state index contributed by atoms with van der Waals surface area (Å²) in [5.74, 6) is -0.365. The molecule has 0 bridgehead atoms. The van der Waals surface area contributed by atoms with Crippen LogP contribution in [-0.4, -0.2) is 54.0 Å². The van der Waals surface area contributed by atoms with Crippen LogP contribution in [0.25, 0.3) is 0 Å². The summed E-state index contributed by atoms with van der Waals surface area (Å²) in [5.41, 5.74) is -1.71. The molecule has 0 aliphatic heterocycles. The van der Waals surface area contributed by atoms with Gasteiger partial charge in [-0.1, -0.05) is 41.5 Å². The maximum atomic E-state index is 13.2. The molecule has 0 aromatic rings. The van der Waals surface area contributed by atoms with E-state index in [1.807, 2.05) is 20.8 Å². The third-order valence-electron chi connectivity index (χ3n) is 4.63. The zero-order valence-electron chi connectivity index (χ0n) is 24.8. The Morgan fingerprint density at radius 2 is 1.35 bits per heavy atom. The van der Waals surface area contributed by atoms with E-state index in [2.05, 4.69) is 56.9 Å². The van der Waals surface area contributed by atoms with E-state index in [0.29, 0.717) is 12.8 Å². The van der Waals surface area contributed by atoms with Gasteiger partial charge in [0, 0.05) is 22.7 Å². The standard InChI is InChI=1S/C26H49BrN4O6/c1-23(2,3)16-18(24(4,5)6)35-19(32)17(29-21(33)36-25(7,8)9)14-13-15-28-20(31-27)30-22(34)37-26(10,11)12/h17-18H,13-16H2,1-12H3,(H,29,33)(H2,28,30,31,34). The molecule has 2 unspecified atom stereocenters. The van der Waals surface area contributed by atoms with Crippen LogP contribution in [0.15, 0.2) is 4.99 Å². The van der Waals surface area contributed by atoms with E-state index in [-0.39, 0.29) is 35.9 Å². The number of carbonyl (C=O) groups excluding carboxylic acids is 3. The topological polar surface area (TPSA) is 127 Å². The first-order valence-electron chi connectivity index (χ1n) is 12.6. The van der Waals surface area contributed by atoms with Crippen LogP contribution in [0.3, 0.4) is 0 Å². The van der Waals surface area contributed by atoms with Crippen molar-refractivity contribution in [2.24, 2.45) is 15.8 Å². The highest BCUT2D eigenvalue weighted by Crippen LogP contribution is 2.33. The minimum Gasteiger partial charge on any atom is -0.460 e. The van der Waals surface area contributed by atoms with Crippen LogP contribution in [0.2, 0.25) is 0 Å². The van der Waals surface area contributed by atoms with Crippen LogP contribution >= 0.6 is 16.1 Å². The number of nitrogens with zero attached hydrogens (tertiary/aromatic N) is 1. The smallest absolute Gasteiger partial charge is 0.414 e. The molecular weight excluding hydrogens is 544 g/mol. The molecule has 0 fully saturated rings. The number of guanidine groups is 1. The molecule has 0 spiro atoms. The Labute approximate surface area is 231 Å². The molecule has 0 rings (SSSR count). The number of carbonyl (C=O) groups is 3. The van der Waals surface area contributed by atoms with E-state index >= 15 is 0 Å². The normalized spacial score (nSPS) is 14.8. The number of amides is 2. The van der Waals surface area contributed by atoms with Gasteiger partial charge in [-0.2, -0.15) is 0 Å². The Hall–Kier alpha value is -2.04. The first kappa shape index (κ1) is 35.0. The van der Waals surface area contributed by atoms with Gasteiger partial charge >= 0.3 is 18.2 Å². The second kappa shape index (κ2) is 14.2. The summed E-state index contributed by atoms with van der Waals surface area (Å²) in [7, 11) is 0. The van der Waals surface area contributed by atoms with Crippen molar-refractivity contribution in [3.63, 3.8) is 0 Å². The van der Waals surface area contributed by atoms with Gasteiger partial charge in [0.2, 0.25) is 5.96 Å². The second-order valence-corrected chi connectivity index (χ2v) is 13.7. The average molecular weight is 594 g/mol. The SMILES string of the molecule is CC(C)(C)CC(OC(=O)C(CCCN=C(NBr)NC(=O)OC(C)(C)C)NC(=O)OC(C)(C)C)C(C)(C)C. The highest BCUT2D eigenvalue weighted by atomic mass is 79.9. The monoisotopic (exact) mass is 592 g/mol. The Bertz CT molecular complexity index is 789. The summed E-state index contributed by atoms with van der Waals surface area (Å²) in [5, 5.41) is 5.16. The van der Waals surface area contributed by atoms with Crippen molar-refractivity contribution in [1.29, 1.82) is 0 Å². The van der Waals surface area contributed by atoms with Crippen LogP contribution in [0.4, 0.5) is 9.59 Å². The molecule has 11 heteroatoms. The van der Waals surface area contributed by atoms with Crippen LogP contribution < -0.4 is 15.0 Å². The molecular formula is C26H49BrN4O6. The highest BCUT2D eigenvalue weighted by Gasteiger charge is 2.35. The number of ether oxygens (including phenoxy) is 3. The third-order valence-corrected chi connectivity index (χ3v) is 5.00. The number of esters is 1. The lowest BCUT2D eigenvalue weighted by molar-refractivity contribution is -0.159. The Morgan fingerprint density at radius 3 is 1.78 bits per heavy atom. The number of alkyl carbamates (subject to hydrolysis) is 2. The largest absolute Gasteiger partial charge is 0.460 e. The average Bonchev–Trinajstić information content (AvgIpc) is 2.63. The van der Waals surface area contributed by atoms with Gasteiger partial charge in [0.05, 0.1) is 0 Å². The van der Waals surface area contributed by atoms with Crippen LogP contribution in [0.5, 0.6) is 0 Å². The van der Waals surface area contributed by atoms with Gasteiger partial charge in [0.15, 0.2) is 0 Å². The number of hydrogen-bond acceptors (Lipinski definition) is 7. The summed E-state index contributed by atoms with van der Waals surface area (Å²) in [6.07, 6.45) is -0.349. The van der Waals surface area contributed by atoms with Gasteiger partial charge in [-0.15, -0.1) is 0 Å². The van der Waals surface area contributed by atoms with E-state index in [1.54, 1.807) is 41.5 Å². The van der Waals surface area contributed by atoms with E-state index < -0.39 is 35.4 Å². The molecule has 0 aromatic carbocycles. The summed E-state index contributed by atoms with van der Waals surface area (Å²) in [6.45, 7) is 23.1. The fourth-order valence-corrected chi connectivity index (χ4v) is 3.21. The van der Waals surface area contributed by atoms with Gasteiger partial charge in [-0.3, -0.25) is 14.7 Å². The lowest BCUT2D eigenvalue weighted by Gasteiger charge is -2.36. The van der Waals surface area contributed by atoms with Crippen molar-refractivity contribution < 1.29 is 28.6 Å². The fourth-order valence-electron chi connectivity index (χ4n) is 2.98. The van der Waals surface area contributed by atoms with E-state index in [4.69, 9.17) is 14.2 Å². The van der Waals surface area contributed by atoms with Crippen molar-refractivity contribution in [3.8, 4) is 0 Å². The molecule has 0 radical (unpaired) electrons. The lowest BCUT2D eigenvalue weighted by Crippen LogP contribution is -2.47. The van der Waals surface area contributed by atoms with Gasteiger partial charge in [0.1, 0.15) is 23.3 Å². The van der Waals surface area contributed by atoms with E-state index in [0.717, 1.165) is 0 Å². The van der Waals surface area contributed by atoms with Gasteiger partial charge in [-0.25, -0.2) is 14.4 Å². The molecule has 0 saturated carbocycles. The zero-order valence-corrected chi connectivity index (χ0v) is 26.3. The number of halogens is 1. The highest BCUT2D eigenvalue weighted by molar-refractivity contribution is 9.08. The molecule has 216 valence electrons. The maximum absolute atomic E-state index is 13.2. The summed E-state index contributed by atoms with van der Waals surface area (Å²) in [4.78, 5) is 41.9. The molecule has 0 heterocycles. The molecule has 2 atom stereocenters. The first-order valence-corrected chi connectivity index (χ1v) is 13.4. The summed E-state index contributed by atoms with van der Waals surface area (Å²) in [6, 6.07) is -0.922. The molecule has 3 N–H and O–H groups in total. The molecule has 0 aliphatic carbocycles. The predicted octanol–water partition coefficient (Wildman–Crippen LogP) is 5.83. The summed E-state index contributed by atoms with van der Waals surface area (Å²) >= 11 is 3.06. The number of hydrogen-bond donors (Lipinski definition) is 3. The van der Waals surface area contributed by atoms with Crippen molar-refractivity contribution in [3.05, 3.63) is 0 Å². The van der Waals surface area contributed by atoms with Crippen molar-refractivity contribution in [1.82, 2.24) is 15.0 Å². The van der Waals surface area contributed by atoms with Crippen molar-refractivity contribution in [2.45, 2.75) is 126 Å². The summed E-state index contributed by atoms with van der Waals surface area (Å²) < 4.78 is 19.1.